The SMILES string of the molecule is CSc1ccc(-c2ccc([C@H](N[C@@H](CC(C)(F)F)C(=O)NCC#N)C(F)(F)F)cc2)cc1. The second-order valence-corrected chi connectivity index (χ2v) is 8.07. The molecule has 2 atom stereocenters. The van der Waals surface area contributed by atoms with Gasteiger partial charge in [0.25, 0.3) is 0 Å². The molecule has 0 saturated carbocycles. The standard InChI is InChI=1S/C22H22F5N3OS/c1-21(23,24)13-18(20(31)29-12-11-28)30-19(22(25,26)27)16-5-3-14(4-6-16)15-7-9-17(32-2)10-8-15/h3-10,18-19,30H,12-13H2,1-2H3,(H,29,31)/t18-,19-/m0/s1. The predicted octanol–water partition coefficient (Wildman–Crippen LogP) is 5.32. The first kappa shape index (κ1) is 25.6. The first-order valence-electron chi connectivity index (χ1n) is 9.54. The largest absolute Gasteiger partial charge is 0.407 e. The van der Waals surface area contributed by atoms with E-state index in [1.165, 1.54) is 24.3 Å². The van der Waals surface area contributed by atoms with Crippen LogP contribution in [0, 0.1) is 11.3 Å². The zero-order chi connectivity index (χ0) is 23.9. The Balaban J connectivity index is 2.31. The van der Waals surface area contributed by atoms with E-state index >= 15 is 0 Å². The first-order chi connectivity index (χ1) is 14.9. The number of thioether (sulfide) groups is 1. The predicted molar refractivity (Wildman–Crippen MR) is 113 cm³/mol. The molecule has 0 fully saturated rings. The van der Waals surface area contributed by atoms with Gasteiger partial charge in [-0.3, -0.25) is 10.1 Å². The molecule has 0 bridgehead atoms. The van der Waals surface area contributed by atoms with Crippen molar-refractivity contribution in [3.05, 3.63) is 54.1 Å². The Morgan fingerprint density at radius 1 is 1.03 bits per heavy atom. The molecular formula is C22H22F5N3OS. The molecule has 1 amide bonds. The summed E-state index contributed by atoms with van der Waals surface area (Å²) in [7, 11) is 0. The van der Waals surface area contributed by atoms with Gasteiger partial charge in [-0.05, 0) is 42.0 Å². The minimum absolute atomic E-state index is 0.223. The van der Waals surface area contributed by atoms with E-state index in [0.29, 0.717) is 12.5 Å². The van der Waals surface area contributed by atoms with Crippen molar-refractivity contribution in [2.45, 2.75) is 42.4 Å². The number of rotatable bonds is 9. The van der Waals surface area contributed by atoms with Gasteiger partial charge in [0, 0.05) is 11.3 Å². The molecule has 0 spiro atoms. The molecule has 172 valence electrons. The zero-order valence-corrected chi connectivity index (χ0v) is 18.2. The van der Waals surface area contributed by atoms with Gasteiger partial charge in [0.2, 0.25) is 11.8 Å². The average molecular weight is 471 g/mol. The molecule has 2 aromatic carbocycles. The number of halogens is 5. The van der Waals surface area contributed by atoms with E-state index in [1.807, 2.05) is 41.2 Å². The van der Waals surface area contributed by atoms with Gasteiger partial charge in [0.1, 0.15) is 12.6 Å². The second-order valence-electron chi connectivity index (χ2n) is 7.19. The van der Waals surface area contributed by atoms with Crippen LogP contribution in [0.15, 0.2) is 53.4 Å². The van der Waals surface area contributed by atoms with Crippen molar-refractivity contribution in [1.82, 2.24) is 10.6 Å². The number of alkyl halides is 5. The van der Waals surface area contributed by atoms with E-state index in [9.17, 15) is 26.7 Å². The fourth-order valence-corrected chi connectivity index (χ4v) is 3.48. The van der Waals surface area contributed by atoms with E-state index in [1.54, 1.807) is 17.8 Å². The van der Waals surface area contributed by atoms with E-state index in [4.69, 9.17) is 5.26 Å². The summed E-state index contributed by atoms with van der Waals surface area (Å²) in [5, 5.41) is 12.6. The van der Waals surface area contributed by atoms with E-state index in [-0.39, 0.29) is 5.56 Å². The lowest BCUT2D eigenvalue weighted by Crippen LogP contribution is -2.50. The molecule has 0 aliphatic carbocycles. The maximum Gasteiger partial charge on any atom is 0.407 e. The summed E-state index contributed by atoms with van der Waals surface area (Å²) in [6.45, 7) is 0.00592. The third-order valence-corrected chi connectivity index (χ3v) is 5.33. The van der Waals surface area contributed by atoms with Gasteiger partial charge in [-0.15, -0.1) is 11.8 Å². The molecule has 2 rings (SSSR count). The highest BCUT2D eigenvalue weighted by atomic mass is 32.2. The molecule has 32 heavy (non-hydrogen) atoms. The van der Waals surface area contributed by atoms with Crippen LogP contribution in [0.1, 0.15) is 24.9 Å². The summed E-state index contributed by atoms with van der Waals surface area (Å²) in [5.41, 5.74) is 1.27. The van der Waals surface area contributed by atoms with E-state index < -0.39 is 43.1 Å². The lowest BCUT2D eigenvalue weighted by atomic mass is 9.99. The summed E-state index contributed by atoms with van der Waals surface area (Å²) in [6, 6.07) is 10.4. The second kappa shape index (κ2) is 10.8. The van der Waals surface area contributed by atoms with Gasteiger partial charge in [-0.25, -0.2) is 8.78 Å². The third kappa shape index (κ3) is 7.50. The van der Waals surface area contributed by atoms with Gasteiger partial charge in [-0.2, -0.15) is 18.4 Å². The molecule has 0 aliphatic heterocycles. The zero-order valence-electron chi connectivity index (χ0n) is 17.3. The van der Waals surface area contributed by atoms with Gasteiger partial charge < -0.3 is 5.32 Å². The van der Waals surface area contributed by atoms with Gasteiger partial charge in [0.05, 0.1) is 12.1 Å². The number of nitrogens with zero attached hydrogens (tertiary/aromatic N) is 1. The quantitative estimate of drug-likeness (QED) is 0.295. The molecule has 0 aliphatic rings. The summed E-state index contributed by atoms with van der Waals surface area (Å²) < 4.78 is 68.4. The van der Waals surface area contributed by atoms with Crippen molar-refractivity contribution >= 4 is 17.7 Å². The Kier molecular flexibility index (Phi) is 8.64. The lowest BCUT2D eigenvalue weighted by molar-refractivity contribution is -0.162. The first-order valence-corrected chi connectivity index (χ1v) is 10.8. The van der Waals surface area contributed by atoms with Gasteiger partial charge in [0.15, 0.2) is 0 Å². The van der Waals surface area contributed by atoms with Crippen molar-refractivity contribution in [3.8, 4) is 17.2 Å². The van der Waals surface area contributed by atoms with Crippen molar-refractivity contribution in [2.75, 3.05) is 12.8 Å². The van der Waals surface area contributed by atoms with Crippen molar-refractivity contribution < 1.29 is 26.7 Å². The molecule has 10 heteroatoms. The monoisotopic (exact) mass is 471 g/mol. The van der Waals surface area contributed by atoms with Crippen molar-refractivity contribution in [1.29, 1.82) is 5.26 Å². The Morgan fingerprint density at radius 2 is 1.56 bits per heavy atom. The molecule has 0 radical (unpaired) electrons. The molecule has 0 aromatic heterocycles. The number of nitrogens with one attached hydrogen (secondary N) is 2. The molecule has 0 heterocycles. The minimum Gasteiger partial charge on any atom is -0.342 e. The number of hydrogen-bond donors (Lipinski definition) is 2. The van der Waals surface area contributed by atoms with Crippen LogP contribution in [0.25, 0.3) is 11.1 Å². The lowest BCUT2D eigenvalue weighted by Gasteiger charge is -2.28. The summed E-state index contributed by atoms with van der Waals surface area (Å²) >= 11 is 1.56. The maximum atomic E-state index is 13.8. The molecular weight excluding hydrogens is 449 g/mol. The number of nitriles is 1. The average Bonchev–Trinajstić information content (AvgIpc) is 2.73. The number of amides is 1. The number of hydrogen-bond acceptors (Lipinski definition) is 4. The van der Waals surface area contributed by atoms with Crippen LogP contribution in [0.4, 0.5) is 22.0 Å². The topological polar surface area (TPSA) is 64.9 Å². The number of carbonyl (C=O) groups excluding carboxylic acids is 1. The highest BCUT2D eigenvalue weighted by Crippen LogP contribution is 2.35. The highest BCUT2D eigenvalue weighted by Gasteiger charge is 2.44. The molecule has 4 nitrogen and oxygen atoms in total. The number of benzene rings is 2. The molecule has 2 N–H and O–H groups in total. The van der Waals surface area contributed by atoms with Crippen LogP contribution in [0.3, 0.4) is 0 Å². The Labute approximate surface area is 187 Å². The van der Waals surface area contributed by atoms with E-state index in [0.717, 1.165) is 10.5 Å². The van der Waals surface area contributed by atoms with Crippen molar-refractivity contribution in [2.24, 2.45) is 0 Å². The maximum absolute atomic E-state index is 13.8. The summed E-state index contributed by atoms with van der Waals surface area (Å²) in [4.78, 5) is 13.2. The fourth-order valence-electron chi connectivity index (χ4n) is 3.07. The smallest absolute Gasteiger partial charge is 0.342 e. The summed E-state index contributed by atoms with van der Waals surface area (Å²) in [6.07, 6.45) is -4.08. The van der Waals surface area contributed by atoms with Crippen LogP contribution >= 0.6 is 11.8 Å². The molecule has 2 aromatic rings. The van der Waals surface area contributed by atoms with Crippen LogP contribution in [0.5, 0.6) is 0 Å². The van der Waals surface area contributed by atoms with Crippen LogP contribution in [0.2, 0.25) is 0 Å². The summed E-state index contributed by atoms with van der Waals surface area (Å²) in [5.74, 6) is -4.50. The Hall–Kier alpha value is -2.64. The van der Waals surface area contributed by atoms with E-state index in [2.05, 4.69) is 0 Å². The van der Waals surface area contributed by atoms with Crippen LogP contribution < -0.4 is 10.6 Å². The Bertz CT molecular complexity index is 935. The fraction of sp³-hybridized carbons (Fsp3) is 0.364. The number of carbonyl (C=O) groups is 1. The van der Waals surface area contributed by atoms with Gasteiger partial charge >= 0.3 is 6.18 Å². The normalized spacial score (nSPS) is 13.8. The van der Waals surface area contributed by atoms with Crippen LogP contribution in [-0.2, 0) is 4.79 Å². The highest BCUT2D eigenvalue weighted by molar-refractivity contribution is 7.98. The van der Waals surface area contributed by atoms with Crippen molar-refractivity contribution in [3.63, 3.8) is 0 Å². The van der Waals surface area contributed by atoms with Crippen LogP contribution in [-0.4, -0.2) is 36.8 Å². The molecule has 0 saturated heterocycles. The molecule has 0 unspecified atom stereocenters. The third-order valence-electron chi connectivity index (χ3n) is 4.58. The van der Waals surface area contributed by atoms with Gasteiger partial charge in [-0.1, -0.05) is 36.4 Å². The minimum atomic E-state index is -4.85. The Morgan fingerprint density at radius 3 is 2.00 bits per heavy atom.